The van der Waals surface area contributed by atoms with E-state index in [0.717, 1.165) is 31.3 Å². The Kier molecular flexibility index (Phi) is 7.77. The van der Waals surface area contributed by atoms with E-state index >= 15 is 4.39 Å². The molecule has 0 spiro atoms. The predicted octanol–water partition coefficient (Wildman–Crippen LogP) is 5.61. The molecule has 15 heteroatoms. The number of imidazole rings is 1. The number of alkyl halides is 6. The van der Waals surface area contributed by atoms with Gasteiger partial charge in [0.1, 0.15) is 11.3 Å². The normalized spacial score (nSPS) is 27.5. The number of aromatic amines is 1. The molecular formula is C29H34F7N5O3. The second kappa shape index (κ2) is 11.1. The number of ether oxygens (including phenoxy) is 1. The first-order valence-corrected chi connectivity index (χ1v) is 14.9. The number of methoxy groups -OCH3 is 1. The second-order valence-corrected chi connectivity index (χ2v) is 12.6. The second-order valence-electron chi connectivity index (χ2n) is 12.6. The number of benzene rings is 1. The minimum absolute atomic E-state index is 0.0289. The summed E-state index contributed by atoms with van der Waals surface area (Å²) in [4.78, 5) is 34.9. The standard InChI is InChI=1S/C29H34F7N5O3/c1-44-26(43)40-11-18(19(12-40)25(42)41-13-28(33,34)29(35,36)14-41)17-5-6-20-23(21(17)30)39-24(38-20)22(37-16-3-2-4-16)15-7-9-27(31,32)10-8-15/h5-6,15-16,18-19,22,37H,2-4,7-14H2,1H3,(H,38,39). The van der Waals surface area contributed by atoms with Gasteiger partial charge in [0.05, 0.1) is 37.7 Å². The van der Waals surface area contributed by atoms with E-state index in [0.29, 0.717) is 16.2 Å². The lowest BCUT2D eigenvalue weighted by atomic mass is 9.80. The first kappa shape index (κ1) is 30.9. The van der Waals surface area contributed by atoms with Gasteiger partial charge in [-0.1, -0.05) is 12.5 Å². The van der Waals surface area contributed by atoms with Gasteiger partial charge >= 0.3 is 17.9 Å². The number of nitrogens with one attached hydrogen (secondary N) is 2. The maximum atomic E-state index is 16.3. The number of H-pyrrole nitrogens is 1. The highest BCUT2D eigenvalue weighted by atomic mass is 19.3. The van der Waals surface area contributed by atoms with Crippen LogP contribution in [-0.4, -0.2) is 88.9 Å². The molecule has 44 heavy (non-hydrogen) atoms. The number of hydrogen-bond acceptors (Lipinski definition) is 5. The van der Waals surface area contributed by atoms with E-state index in [9.17, 15) is 35.9 Å². The van der Waals surface area contributed by atoms with Crippen molar-refractivity contribution < 1.29 is 45.1 Å². The fraction of sp³-hybridized carbons (Fsp3) is 0.690. The van der Waals surface area contributed by atoms with Crippen molar-refractivity contribution in [3.05, 3.63) is 29.3 Å². The number of fused-ring (bicyclic) bond motifs is 1. The summed E-state index contributed by atoms with van der Waals surface area (Å²) in [6.07, 6.45) is 2.11. The number of hydrogen-bond donors (Lipinski definition) is 2. The van der Waals surface area contributed by atoms with Crippen molar-refractivity contribution in [3.8, 4) is 0 Å². The molecule has 6 rings (SSSR count). The minimum Gasteiger partial charge on any atom is -0.453 e. The molecule has 242 valence electrons. The van der Waals surface area contributed by atoms with E-state index in [2.05, 4.69) is 15.3 Å². The quantitative estimate of drug-likeness (QED) is 0.404. The van der Waals surface area contributed by atoms with Crippen LogP contribution in [0.3, 0.4) is 0 Å². The van der Waals surface area contributed by atoms with Crippen molar-refractivity contribution in [1.29, 1.82) is 0 Å². The van der Waals surface area contributed by atoms with E-state index in [4.69, 9.17) is 4.74 Å². The molecule has 2 N–H and O–H groups in total. The molecular weight excluding hydrogens is 599 g/mol. The van der Waals surface area contributed by atoms with E-state index in [-0.39, 0.29) is 61.8 Å². The maximum Gasteiger partial charge on any atom is 0.409 e. The van der Waals surface area contributed by atoms with Crippen molar-refractivity contribution in [2.24, 2.45) is 11.8 Å². The number of carbonyl (C=O) groups excluding carboxylic acids is 2. The number of amides is 2. The van der Waals surface area contributed by atoms with Crippen LogP contribution in [-0.2, 0) is 9.53 Å². The molecule has 3 unspecified atom stereocenters. The van der Waals surface area contributed by atoms with Crippen molar-refractivity contribution in [1.82, 2.24) is 25.1 Å². The van der Waals surface area contributed by atoms with E-state index in [1.807, 2.05) is 0 Å². The summed E-state index contributed by atoms with van der Waals surface area (Å²) in [6.45, 7) is -3.54. The Morgan fingerprint density at radius 1 is 1.00 bits per heavy atom. The first-order valence-electron chi connectivity index (χ1n) is 14.9. The Hall–Kier alpha value is -3.10. The Morgan fingerprint density at radius 2 is 1.66 bits per heavy atom. The summed E-state index contributed by atoms with van der Waals surface area (Å²) < 4.78 is 105. The topological polar surface area (TPSA) is 90.6 Å². The molecule has 0 radical (unpaired) electrons. The van der Waals surface area contributed by atoms with Crippen molar-refractivity contribution in [2.75, 3.05) is 33.3 Å². The van der Waals surface area contributed by atoms with E-state index in [1.165, 1.54) is 6.07 Å². The van der Waals surface area contributed by atoms with Gasteiger partial charge in [-0.3, -0.25) is 4.79 Å². The van der Waals surface area contributed by atoms with Crippen LogP contribution >= 0.6 is 0 Å². The summed E-state index contributed by atoms with van der Waals surface area (Å²) in [6, 6.07) is 2.71. The summed E-state index contributed by atoms with van der Waals surface area (Å²) >= 11 is 0. The third-order valence-electron chi connectivity index (χ3n) is 9.78. The monoisotopic (exact) mass is 633 g/mol. The molecule has 3 heterocycles. The SMILES string of the molecule is COC(=O)N1CC(C(=O)N2CC(F)(F)C(F)(F)C2)C(c2ccc3[nH]c(C(NC4CCC4)C4CCC(F)(F)CC4)nc3c2F)C1. The molecule has 0 bridgehead atoms. The lowest BCUT2D eigenvalue weighted by Gasteiger charge is -2.37. The summed E-state index contributed by atoms with van der Waals surface area (Å²) in [5.74, 6) is -15.5. The van der Waals surface area contributed by atoms with Gasteiger partial charge in [-0.15, -0.1) is 0 Å². The molecule has 2 aromatic rings. The Labute approximate surface area is 248 Å². The summed E-state index contributed by atoms with van der Waals surface area (Å²) in [5, 5.41) is 3.52. The summed E-state index contributed by atoms with van der Waals surface area (Å²) in [7, 11) is 1.10. The maximum absolute atomic E-state index is 16.3. The smallest absolute Gasteiger partial charge is 0.409 e. The minimum atomic E-state index is -4.42. The molecule has 1 aromatic heterocycles. The molecule has 2 saturated heterocycles. The lowest BCUT2D eigenvalue weighted by molar-refractivity contribution is -0.172. The van der Waals surface area contributed by atoms with Gasteiger partial charge in [0.15, 0.2) is 5.82 Å². The van der Waals surface area contributed by atoms with E-state index in [1.54, 1.807) is 6.07 Å². The van der Waals surface area contributed by atoms with Crippen molar-refractivity contribution in [2.45, 2.75) is 80.7 Å². The van der Waals surface area contributed by atoms with E-state index < -0.39 is 66.6 Å². The van der Waals surface area contributed by atoms with Crippen LogP contribution in [0.5, 0.6) is 0 Å². The molecule has 2 aliphatic carbocycles. The zero-order valence-corrected chi connectivity index (χ0v) is 24.0. The molecule has 3 atom stereocenters. The molecule has 4 fully saturated rings. The van der Waals surface area contributed by atoms with Crippen LogP contribution < -0.4 is 5.32 Å². The zero-order chi connectivity index (χ0) is 31.6. The van der Waals surface area contributed by atoms with Crippen LogP contribution in [0.25, 0.3) is 11.0 Å². The van der Waals surface area contributed by atoms with Gasteiger partial charge < -0.3 is 24.8 Å². The highest BCUT2D eigenvalue weighted by Gasteiger charge is 2.64. The van der Waals surface area contributed by atoms with Crippen molar-refractivity contribution in [3.63, 3.8) is 0 Å². The average molecular weight is 634 g/mol. The van der Waals surface area contributed by atoms with Crippen LogP contribution in [0.15, 0.2) is 12.1 Å². The molecule has 2 saturated carbocycles. The van der Waals surface area contributed by atoms with Gasteiger partial charge in [0.25, 0.3) is 0 Å². The molecule has 2 aliphatic heterocycles. The highest BCUT2D eigenvalue weighted by Crippen LogP contribution is 2.45. The fourth-order valence-corrected chi connectivity index (χ4v) is 6.98. The average Bonchev–Trinajstić information content (AvgIpc) is 3.62. The number of nitrogens with zero attached hydrogens (tertiary/aromatic N) is 3. The number of rotatable bonds is 6. The van der Waals surface area contributed by atoms with Crippen LogP contribution in [0.4, 0.5) is 35.5 Å². The molecule has 4 aliphatic rings. The number of aromatic nitrogens is 2. The Bertz CT molecular complexity index is 1410. The number of halogens is 7. The van der Waals surface area contributed by atoms with Gasteiger partial charge in [-0.25, -0.2) is 22.9 Å². The molecule has 8 nitrogen and oxygen atoms in total. The van der Waals surface area contributed by atoms with Crippen molar-refractivity contribution >= 4 is 23.0 Å². The number of carbonyl (C=O) groups is 2. The van der Waals surface area contributed by atoms with Gasteiger partial charge in [0, 0.05) is 37.9 Å². The van der Waals surface area contributed by atoms with Crippen LogP contribution in [0.1, 0.15) is 68.3 Å². The van der Waals surface area contributed by atoms with Gasteiger partial charge in [-0.2, -0.15) is 17.6 Å². The summed E-state index contributed by atoms with van der Waals surface area (Å²) in [5.41, 5.74) is 0.229. The largest absolute Gasteiger partial charge is 0.453 e. The molecule has 2 amide bonds. The Balaban J connectivity index is 1.31. The Morgan fingerprint density at radius 3 is 2.25 bits per heavy atom. The third-order valence-corrected chi connectivity index (χ3v) is 9.78. The fourth-order valence-electron chi connectivity index (χ4n) is 6.98. The third kappa shape index (κ3) is 5.49. The van der Waals surface area contributed by atoms with Crippen LogP contribution in [0.2, 0.25) is 0 Å². The lowest BCUT2D eigenvalue weighted by Crippen LogP contribution is -2.42. The molecule has 1 aromatic carbocycles. The van der Waals surface area contributed by atoms with Gasteiger partial charge in [-0.05, 0) is 43.2 Å². The predicted molar refractivity (Wildman–Crippen MR) is 143 cm³/mol. The zero-order valence-electron chi connectivity index (χ0n) is 24.0. The first-order chi connectivity index (χ1) is 20.7. The highest BCUT2D eigenvalue weighted by molar-refractivity contribution is 5.83. The van der Waals surface area contributed by atoms with Crippen LogP contribution in [0, 0.1) is 17.7 Å². The van der Waals surface area contributed by atoms with Gasteiger partial charge in [0.2, 0.25) is 11.8 Å². The number of likely N-dealkylation sites (tertiary alicyclic amines) is 2.